The highest BCUT2D eigenvalue weighted by Gasteiger charge is 2.52. The summed E-state index contributed by atoms with van der Waals surface area (Å²) in [6.07, 6.45) is -3.35. The Labute approximate surface area is 270 Å². The van der Waals surface area contributed by atoms with Gasteiger partial charge in [-0.15, -0.1) is 19.8 Å². The number of nitrogens with zero attached hydrogens (tertiary/aromatic N) is 1. The number of aliphatic hydroxyl groups is 1. The molecule has 0 unspecified atom stereocenters. The number of nitrogens with one attached hydrogen (secondary N) is 2. The summed E-state index contributed by atoms with van der Waals surface area (Å²) in [6, 6.07) is 30.1. The number of ether oxygens (including phenoxy) is 3. The predicted molar refractivity (Wildman–Crippen MR) is 172 cm³/mol. The van der Waals surface area contributed by atoms with Crippen LogP contribution >= 0.6 is 0 Å². The lowest BCUT2D eigenvalue weighted by Gasteiger charge is -2.29. The fourth-order valence-electron chi connectivity index (χ4n) is 5.16. The molecule has 0 saturated carbocycles. The topological polar surface area (TPSA) is 101 Å². The third kappa shape index (κ3) is 8.37. The number of aliphatic hydroxyl groups excluding tert-OH is 1. The van der Waals surface area contributed by atoms with E-state index in [9.17, 15) is 18.0 Å². The Kier molecular flexibility index (Phi) is 10.6. The van der Waals surface area contributed by atoms with Crippen molar-refractivity contribution >= 4 is 11.8 Å². The van der Waals surface area contributed by atoms with Crippen LogP contribution in [0.5, 0.6) is 11.5 Å². The zero-order valence-corrected chi connectivity index (χ0v) is 25.4. The molecule has 244 valence electrons. The average Bonchev–Trinajstić information content (AvgIpc) is 3.46. The van der Waals surface area contributed by atoms with E-state index in [2.05, 4.69) is 22.2 Å². The van der Waals surface area contributed by atoms with Crippen LogP contribution in [0.15, 0.2) is 121 Å². The van der Waals surface area contributed by atoms with Crippen LogP contribution < -0.4 is 20.3 Å². The van der Waals surface area contributed by atoms with Gasteiger partial charge in [-0.3, -0.25) is 10.2 Å². The lowest BCUT2D eigenvalue weighted by atomic mass is 9.84. The Balaban J connectivity index is 1.39. The van der Waals surface area contributed by atoms with Crippen LogP contribution in [0.1, 0.15) is 35.6 Å². The number of hydrogen-bond acceptors (Lipinski definition) is 7. The molecule has 2 atom stereocenters. The van der Waals surface area contributed by atoms with Crippen LogP contribution in [0.3, 0.4) is 0 Å². The monoisotopic (exact) mass is 645 g/mol. The molecule has 0 saturated heterocycles. The zero-order valence-electron chi connectivity index (χ0n) is 25.4. The van der Waals surface area contributed by atoms with Crippen molar-refractivity contribution in [3.05, 3.63) is 132 Å². The maximum Gasteiger partial charge on any atom is 0.573 e. The number of halogens is 3. The number of hydrogen-bond donors (Lipinski definition) is 3. The molecule has 0 bridgehead atoms. The van der Waals surface area contributed by atoms with Crippen LogP contribution in [0.25, 0.3) is 11.1 Å². The van der Waals surface area contributed by atoms with E-state index in [0.29, 0.717) is 29.9 Å². The van der Waals surface area contributed by atoms with E-state index in [4.69, 9.17) is 19.6 Å². The van der Waals surface area contributed by atoms with E-state index in [0.717, 1.165) is 16.7 Å². The standard InChI is InChI=1S/C36H34F3N3O5/c1-2-21-35(34(44)42-40-24-25-9-17-31(18-10-25)47-36(37,38)39)32(28-13-11-27(12-14-28)26-7-4-3-5-8-26)46-33(41-35)29-15-19-30(20-16-29)45-23-6-22-43/h2-5,7-20,32,40,43H,1,6,21-24H2,(H,42,44)/t32-,35-/m0/s1. The minimum Gasteiger partial charge on any atom is -0.494 e. The van der Waals surface area contributed by atoms with E-state index in [-0.39, 0.29) is 31.2 Å². The fraction of sp³-hybridized carbons (Fsp3) is 0.222. The molecule has 0 aliphatic carbocycles. The molecule has 4 aromatic rings. The first-order valence-electron chi connectivity index (χ1n) is 15.0. The predicted octanol–water partition coefficient (Wildman–Crippen LogP) is 6.67. The molecule has 0 radical (unpaired) electrons. The quantitative estimate of drug-likeness (QED) is 0.0805. The summed E-state index contributed by atoms with van der Waals surface area (Å²) >= 11 is 0. The molecule has 47 heavy (non-hydrogen) atoms. The van der Waals surface area contributed by atoms with Gasteiger partial charge in [0.15, 0.2) is 11.6 Å². The van der Waals surface area contributed by atoms with Crippen molar-refractivity contribution in [3.8, 4) is 22.6 Å². The van der Waals surface area contributed by atoms with Gasteiger partial charge in [-0.1, -0.05) is 72.8 Å². The third-order valence-electron chi connectivity index (χ3n) is 7.46. The van der Waals surface area contributed by atoms with Gasteiger partial charge in [0.25, 0.3) is 5.91 Å². The highest BCUT2D eigenvalue weighted by atomic mass is 19.4. The molecule has 3 N–H and O–H groups in total. The van der Waals surface area contributed by atoms with Crippen LogP contribution in [0, 0.1) is 0 Å². The van der Waals surface area contributed by atoms with Crippen LogP contribution in [0.4, 0.5) is 13.2 Å². The molecule has 0 fully saturated rings. The molecule has 5 rings (SSSR count). The molecular weight excluding hydrogens is 611 g/mol. The maximum absolute atomic E-state index is 14.0. The Morgan fingerprint density at radius 2 is 1.55 bits per heavy atom. The van der Waals surface area contributed by atoms with Crippen molar-refractivity contribution < 1.29 is 37.3 Å². The van der Waals surface area contributed by atoms with Crippen LogP contribution in [0.2, 0.25) is 0 Å². The first-order valence-corrected chi connectivity index (χ1v) is 15.0. The summed E-state index contributed by atoms with van der Waals surface area (Å²) in [4.78, 5) is 18.9. The summed E-state index contributed by atoms with van der Waals surface area (Å²) in [6.45, 7) is 4.41. The fourth-order valence-corrected chi connectivity index (χ4v) is 5.16. The number of carbonyl (C=O) groups excluding carboxylic acids is 1. The van der Waals surface area contributed by atoms with E-state index >= 15 is 0 Å². The van der Waals surface area contributed by atoms with Gasteiger partial charge in [0.1, 0.15) is 11.5 Å². The normalized spacial score (nSPS) is 17.4. The summed E-state index contributed by atoms with van der Waals surface area (Å²) in [5, 5.41) is 9.02. The van der Waals surface area contributed by atoms with Crippen molar-refractivity contribution in [3.63, 3.8) is 0 Å². The van der Waals surface area contributed by atoms with Gasteiger partial charge in [-0.25, -0.2) is 10.4 Å². The van der Waals surface area contributed by atoms with Gasteiger partial charge in [0.05, 0.1) is 6.61 Å². The number of amides is 1. The van der Waals surface area contributed by atoms with Crippen molar-refractivity contribution in [2.75, 3.05) is 13.2 Å². The van der Waals surface area contributed by atoms with E-state index in [1.165, 1.54) is 24.3 Å². The Morgan fingerprint density at radius 3 is 2.19 bits per heavy atom. The lowest BCUT2D eigenvalue weighted by Crippen LogP contribution is -2.52. The van der Waals surface area contributed by atoms with E-state index < -0.39 is 23.9 Å². The van der Waals surface area contributed by atoms with Crippen LogP contribution in [-0.4, -0.2) is 42.0 Å². The summed E-state index contributed by atoms with van der Waals surface area (Å²) in [7, 11) is 0. The second kappa shape index (κ2) is 15.0. The second-order valence-corrected chi connectivity index (χ2v) is 10.8. The van der Waals surface area contributed by atoms with Crippen molar-refractivity contribution in [2.24, 2.45) is 4.99 Å². The number of alkyl halides is 3. The van der Waals surface area contributed by atoms with Crippen LogP contribution in [-0.2, 0) is 16.1 Å². The summed E-state index contributed by atoms with van der Waals surface area (Å²) in [5.41, 5.74) is 8.15. The Hall–Kier alpha value is -5.13. The minimum atomic E-state index is -4.79. The maximum atomic E-state index is 14.0. The molecule has 1 heterocycles. The summed E-state index contributed by atoms with van der Waals surface area (Å²) in [5.74, 6) is 0.0593. The van der Waals surface area contributed by atoms with Gasteiger partial charge in [-0.05, 0) is 58.7 Å². The van der Waals surface area contributed by atoms with Gasteiger partial charge >= 0.3 is 6.36 Å². The van der Waals surface area contributed by atoms with Crippen molar-refractivity contribution in [1.29, 1.82) is 0 Å². The van der Waals surface area contributed by atoms with Gasteiger partial charge < -0.3 is 19.3 Å². The minimum absolute atomic E-state index is 0.0297. The second-order valence-electron chi connectivity index (χ2n) is 10.8. The number of rotatable bonds is 14. The highest BCUT2D eigenvalue weighted by Crippen LogP contribution is 2.43. The largest absolute Gasteiger partial charge is 0.573 e. The van der Waals surface area contributed by atoms with Crippen molar-refractivity contribution in [1.82, 2.24) is 10.9 Å². The zero-order chi connectivity index (χ0) is 33.3. The number of hydrazine groups is 1. The first kappa shape index (κ1) is 33.2. The van der Waals surface area contributed by atoms with Gasteiger partial charge in [-0.2, -0.15) is 0 Å². The van der Waals surface area contributed by atoms with E-state index in [1.807, 2.05) is 54.6 Å². The number of aliphatic imine (C=N–C) groups is 1. The molecule has 1 aliphatic rings. The average molecular weight is 646 g/mol. The third-order valence-corrected chi connectivity index (χ3v) is 7.46. The molecule has 4 aromatic carbocycles. The van der Waals surface area contributed by atoms with E-state index in [1.54, 1.807) is 30.3 Å². The smallest absolute Gasteiger partial charge is 0.494 e. The molecule has 0 aromatic heterocycles. The number of carbonyl (C=O) groups is 1. The lowest BCUT2D eigenvalue weighted by molar-refractivity contribution is -0.274. The Bertz CT molecular complexity index is 1660. The highest BCUT2D eigenvalue weighted by molar-refractivity contribution is 6.01. The molecule has 11 heteroatoms. The molecule has 8 nitrogen and oxygen atoms in total. The molecular formula is C36H34F3N3O5. The van der Waals surface area contributed by atoms with Crippen molar-refractivity contribution in [2.45, 2.75) is 37.4 Å². The molecule has 0 spiro atoms. The summed E-state index contributed by atoms with van der Waals surface area (Å²) < 4.78 is 53.6. The first-order chi connectivity index (χ1) is 22.7. The van der Waals surface area contributed by atoms with Gasteiger partial charge in [0, 0.05) is 31.6 Å². The molecule has 1 aliphatic heterocycles. The Morgan fingerprint density at radius 1 is 0.915 bits per heavy atom. The SMILES string of the molecule is C=CC[C@]1(C(=O)NNCc2ccc(OC(F)(F)F)cc2)N=C(c2ccc(OCCCO)cc2)O[C@H]1c1ccc(-c2ccccc2)cc1. The van der Waals surface area contributed by atoms with Gasteiger partial charge in [0.2, 0.25) is 5.90 Å². The number of benzene rings is 4. The molecule has 1 amide bonds.